The van der Waals surface area contributed by atoms with Crippen molar-refractivity contribution in [3.8, 4) is 0 Å². The molecule has 0 saturated heterocycles. The Balaban J connectivity index is 5.49. The molecule has 12 heteroatoms. The van der Waals surface area contributed by atoms with Gasteiger partial charge in [0.2, 0.25) is 0 Å². The molecule has 0 fully saturated rings. The molecular formula is C16H22F6O6. The SMILES string of the molecule is CCC(C)(CC(C(=O)OCC(F)(F)F)C(C)C(=O)OCC(F)(F)F)OC(C)=O. The molecule has 3 atom stereocenters. The van der Waals surface area contributed by atoms with E-state index in [0.29, 0.717) is 0 Å². The maximum Gasteiger partial charge on any atom is 0.422 e. The molecule has 28 heavy (non-hydrogen) atoms. The van der Waals surface area contributed by atoms with Gasteiger partial charge in [-0.2, -0.15) is 26.3 Å². The van der Waals surface area contributed by atoms with E-state index in [1.165, 1.54) is 6.92 Å². The summed E-state index contributed by atoms with van der Waals surface area (Å²) in [6.45, 7) is 1.13. The molecule has 0 aromatic rings. The molecule has 164 valence electrons. The summed E-state index contributed by atoms with van der Waals surface area (Å²) >= 11 is 0. The van der Waals surface area contributed by atoms with Crippen LogP contribution in [0.1, 0.15) is 40.5 Å². The number of carbonyl (C=O) groups excluding carboxylic acids is 3. The molecule has 0 radical (unpaired) electrons. The Kier molecular flexibility index (Phi) is 9.25. The van der Waals surface area contributed by atoms with Crippen molar-refractivity contribution >= 4 is 17.9 Å². The van der Waals surface area contributed by atoms with Crippen LogP contribution in [0.4, 0.5) is 26.3 Å². The maximum absolute atomic E-state index is 12.3. The van der Waals surface area contributed by atoms with Crippen LogP contribution < -0.4 is 0 Å². The summed E-state index contributed by atoms with van der Waals surface area (Å²) in [6, 6.07) is 0. The average Bonchev–Trinajstić information content (AvgIpc) is 2.52. The molecule has 0 aliphatic carbocycles. The van der Waals surface area contributed by atoms with Crippen molar-refractivity contribution < 1.29 is 54.9 Å². The van der Waals surface area contributed by atoms with Crippen molar-refractivity contribution in [2.75, 3.05) is 13.2 Å². The fourth-order valence-electron chi connectivity index (χ4n) is 2.24. The van der Waals surface area contributed by atoms with Crippen molar-refractivity contribution in [1.29, 1.82) is 0 Å². The minimum atomic E-state index is -4.84. The fourth-order valence-corrected chi connectivity index (χ4v) is 2.24. The molecule has 0 aromatic heterocycles. The number of rotatable bonds is 9. The largest absolute Gasteiger partial charge is 0.460 e. The first-order valence-electron chi connectivity index (χ1n) is 8.16. The van der Waals surface area contributed by atoms with E-state index in [1.54, 1.807) is 6.92 Å². The van der Waals surface area contributed by atoms with E-state index in [4.69, 9.17) is 4.74 Å². The standard InChI is InChI=1S/C16H22F6O6/c1-5-14(4,28-10(3)23)6-11(13(25)27-8-16(20,21)22)9(2)12(24)26-7-15(17,18)19/h9,11H,5-8H2,1-4H3. The number of ether oxygens (including phenoxy) is 3. The summed E-state index contributed by atoms with van der Waals surface area (Å²) < 4.78 is 86.8. The Morgan fingerprint density at radius 1 is 0.893 bits per heavy atom. The first-order valence-corrected chi connectivity index (χ1v) is 8.16. The van der Waals surface area contributed by atoms with E-state index < -0.39 is 67.3 Å². The van der Waals surface area contributed by atoms with Crippen molar-refractivity contribution in [2.45, 2.75) is 58.5 Å². The predicted molar refractivity (Wildman–Crippen MR) is 81.8 cm³/mol. The lowest BCUT2D eigenvalue weighted by Crippen LogP contribution is -2.41. The Hall–Kier alpha value is -2.01. The fraction of sp³-hybridized carbons (Fsp3) is 0.812. The van der Waals surface area contributed by atoms with Crippen LogP contribution in [0.2, 0.25) is 0 Å². The van der Waals surface area contributed by atoms with Crippen molar-refractivity contribution in [3.63, 3.8) is 0 Å². The molecule has 0 N–H and O–H groups in total. The van der Waals surface area contributed by atoms with E-state index in [2.05, 4.69) is 9.47 Å². The van der Waals surface area contributed by atoms with Crippen molar-refractivity contribution in [1.82, 2.24) is 0 Å². The van der Waals surface area contributed by atoms with Gasteiger partial charge in [0.25, 0.3) is 0 Å². The normalized spacial score (nSPS) is 16.5. The van der Waals surface area contributed by atoms with Gasteiger partial charge in [0.1, 0.15) is 5.60 Å². The van der Waals surface area contributed by atoms with Crippen LogP contribution in [-0.2, 0) is 28.6 Å². The quantitative estimate of drug-likeness (QED) is 0.320. The third kappa shape index (κ3) is 10.4. The van der Waals surface area contributed by atoms with Crippen LogP contribution in [0.15, 0.2) is 0 Å². The first kappa shape index (κ1) is 26.0. The number of carbonyl (C=O) groups is 3. The van der Waals surface area contributed by atoms with Gasteiger partial charge in [0.15, 0.2) is 13.2 Å². The second-order valence-electron chi connectivity index (χ2n) is 6.44. The van der Waals surface area contributed by atoms with E-state index in [9.17, 15) is 40.7 Å². The lowest BCUT2D eigenvalue weighted by atomic mass is 9.82. The molecule has 0 aliphatic heterocycles. The smallest absolute Gasteiger partial charge is 0.422 e. The minimum Gasteiger partial charge on any atom is -0.460 e. The van der Waals surface area contributed by atoms with Gasteiger partial charge in [-0.25, -0.2) is 0 Å². The number of hydrogen-bond acceptors (Lipinski definition) is 6. The van der Waals surface area contributed by atoms with E-state index in [-0.39, 0.29) is 6.42 Å². The summed E-state index contributed by atoms with van der Waals surface area (Å²) in [5.41, 5.74) is -1.37. The Morgan fingerprint density at radius 3 is 1.68 bits per heavy atom. The number of esters is 3. The average molecular weight is 424 g/mol. The van der Waals surface area contributed by atoms with E-state index in [0.717, 1.165) is 13.8 Å². The van der Waals surface area contributed by atoms with Gasteiger partial charge in [-0.1, -0.05) is 13.8 Å². The third-order valence-electron chi connectivity index (χ3n) is 3.82. The van der Waals surface area contributed by atoms with E-state index >= 15 is 0 Å². The highest BCUT2D eigenvalue weighted by Crippen LogP contribution is 2.31. The van der Waals surface area contributed by atoms with Crippen LogP contribution in [0.3, 0.4) is 0 Å². The van der Waals surface area contributed by atoms with E-state index in [1.807, 2.05) is 0 Å². The number of alkyl halides is 6. The van der Waals surface area contributed by atoms with Crippen LogP contribution in [0.25, 0.3) is 0 Å². The Morgan fingerprint density at radius 2 is 1.32 bits per heavy atom. The second kappa shape index (κ2) is 9.97. The maximum atomic E-state index is 12.3. The van der Waals surface area contributed by atoms with Gasteiger partial charge in [0, 0.05) is 13.3 Å². The van der Waals surface area contributed by atoms with Crippen LogP contribution in [0, 0.1) is 11.8 Å². The molecule has 0 heterocycles. The van der Waals surface area contributed by atoms with Gasteiger partial charge in [-0.05, 0) is 13.3 Å². The number of halogens is 6. The highest BCUT2D eigenvalue weighted by molar-refractivity contribution is 5.82. The monoisotopic (exact) mass is 424 g/mol. The summed E-state index contributed by atoms with van der Waals surface area (Å²) in [6.07, 6.45) is -10.0. The molecule has 0 rings (SSSR count). The first-order chi connectivity index (χ1) is 12.5. The van der Waals surface area contributed by atoms with Crippen molar-refractivity contribution in [2.24, 2.45) is 11.8 Å². The zero-order valence-electron chi connectivity index (χ0n) is 15.7. The van der Waals surface area contributed by atoms with Crippen molar-refractivity contribution in [3.05, 3.63) is 0 Å². The van der Waals surface area contributed by atoms with Gasteiger partial charge in [0.05, 0.1) is 11.8 Å². The molecule has 0 aromatic carbocycles. The van der Waals surface area contributed by atoms with Crippen LogP contribution >= 0.6 is 0 Å². The zero-order valence-corrected chi connectivity index (χ0v) is 15.7. The molecule has 0 spiro atoms. The summed E-state index contributed by atoms with van der Waals surface area (Å²) in [5, 5.41) is 0. The highest BCUT2D eigenvalue weighted by Gasteiger charge is 2.42. The number of hydrogen-bond donors (Lipinski definition) is 0. The lowest BCUT2D eigenvalue weighted by molar-refractivity contribution is -0.198. The van der Waals surface area contributed by atoms with Gasteiger partial charge < -0.3 is 14.2 Å². The summed E-state index contributed by atoms with van der Waals surface area (Å²) in [5.74, 6) is -6.89. The highest BCUT2D eigenvalue weighted by atomic mass is 19.4. The predicted octanol–water partition coefficient (Wildman–Crippen LogP) is 3.57. The molecule has 0 aliphatic rings. The molecule has 0 saturated carbocycles. The molecule has 6 nitrogen and oxygen atoms in total. The second-order valence-corrected chi connectivity index (χ2v) is 6.44. The molecule has 3 unspecified atom stereocenters. The molecular weight excluding hydrogens is 402 g/mol. The van der Waals surface area contributed by atoms with Gasteiger partial charge in [-0.15, -0.1) is 0 Å². The molecule has 0 bridgehead atoms. The summed E-state index contributed by atoms with van der Waals surface area (Å²) in [7, 11) is 0. The summed E-state index contributed by atoms with van der Waals surface area (Å²) in [4.78, 5) is 35.2. The topological polar surface area (TPSA) is 78.9 Å². The minimum absolute atomic E-state index is 0.111. The lowest BCUT2D eigenvalue weighted by Gasteiger charge is -2.33. The van der Waals surface area contributed by atoms with Gasteiger partial charge >= 0.3 is 30.3 Å². The zero-order chi connectivity index (χ0) is 22.3. The Labute approximate surface area is 157 Å². The van der Waals surface area contributed by atoms with Gasteiger partial charge in [-0.3, -0.25) is 14.4 Å². The van der Waals surface area contributed by atoms with Crippen LogP contribution in [-0.4, -0.2) is 49.1 Å². The molecule has 0 amide bonds. The third-order valence-corrected chi connectivity index (χ3v) is 3.82. The van der Waals surface area contributed by atoms with Crippen LogP contribution in [0.5, 0.6) is 0 Å². The Bertz CT molecular complexity index is 559.